The van der Waals surface area contributed by atoms with Crippen molar-refractivity contribution in [1.82, 2.24) is 10.6 Å². The van der Waals surface area contributed by atoms with Gasteiger partial charge < -0.3 is 10.6 Å². The first-order valence-electron chi connectivity index (χ1n) is 6.89. The molecule has 1 saturated carbocycles. The van der Waals surface area contributed by atoms with Gasteiger partial charge in [-0.05, 0) is 37.0 Å². The molecule has 1 aliphatic rings. The molecule has 0 unspecified atom stereocenters. The van der Waals surface area contributed by atoms with Gasteiger partial charge in [0, 0.05) is 11.0 Å². The largest absolute Gasteiger partial charge is 0.355 e. The fraction of sp³-hybridized carbons (Fsp3) is 0.467. The van der Waals surface area contributed by atoms with E-state index in [9.17, 15) is 9.59 Å². The topological polar surface area (TPSA) is 58.2 Å². The molecule has 1 aromatic rings. The number of rotatable bonds is 6. The molecule has 1 fully saturated rings. The van der Waals surface area contributed by atoms with Crippen molar-refractivity contribution >= 4 is 27.7 Å². The van der Waals surface area contributed by atoms with E-state index in [1.165, 1.54) is 0 Å². The number of carbonyl (C=O) groups excluding carboxylic acids is 2. The van der Waals surface area contributed by atoms with Gasteiger partial charge in [0.05, 0.1) is 12.0 Å². The minimum absolute atomic E-state index is 0.0502. The molecular weight excluding hydrogens is 320 g/mol. The Morgan fingerprint density at radius 1 is 1.30 bits per heavy atom. The Kier molecular flexibility index (Phi) is 4.81. The van der Waals surface area contributed by atoms with Crippen LogP contribution in [0.5, 0.6) is 0 Å². The fourth-order valence-electron chi connectivity index (χ4n) is 2.21. The summed E-state index contributed by atoms with van der Waals surface area (Å²) in [4.78, 5) is 23.8. The minimum Gasteiger partial charge on any atom is -0.355 e. The summed E-state index contributed by atoms with van der Waals surface area (Å²) in [5, 5.41) is 5.49. The highest BCUT2D eigenvalue weighted by Crippen LogP contribution is 2.48. The molecular formula is C15H19BrN2O2. The molecule has 1 aromatic carbocycles. The molecule has 0 aromatic heterocycles. The van der Waals surface area contributed by atoms with Gasteiger partial charge >= 0.3 is 0 Å². The first-order valence-corrected chi connectivity index (χ1v) is 7.69. The van der Waals surface area contributed by atoms with Gasteiger partial charge in [0.25, 0.3) is 0 Å². The van der Waals surface area contributed by atoms with Crippen LogP contribution in [0.3, 0.4) is 0 Å². The van der Waals surface area contributed by atoms with Crippen molar-refractivity contribution in [1.29, 1.82) is 0 Å². The summed E-state index contributed by atoms with van der Waals surface area (Å²) in [6, 6.07) is 7.81. The van der Waals surface area contributed by atoms with Crippen LogP contribution in [0.1, 0.15) is 31.7 Å². The van der Waals surface area contributed by atoms with E-state index in [1.807, 2.05) is 31.2 Å². The van der Waals surface area contributed by atoms with E-state index in [0.29, 0.717) is 6.54 Å². The number of halogens is 1. The van der Waals surface area contributed by atoms with Crippen molar-refractivity contribution in [3.8, 4) is 0 Å². The Bertz CT molecular complexity index is 512. The predicted octanol–water partition coefficient (Wildman–Crippen LogP) is 2.12. The Balaban J connectivity index is 1.94. The van der Waals surface area contributed by atoms with Gasteiger partial charge in [-0.25, -0.2) is 0 Å². The zero-order valence-electron chi connectivity index (χ0n) is 11.5. The van der Waals surface area contributed by atoms with E-state index < -0.39 is 5.41 Å². The first-order chi connectivity index (χ1) is 9.58. The van der Waals surface area contributed by atoms with Crippen LogP contribution in [0.2, 0.25) is 0 Å². The average molecular weight is 339 g/mol. The second-order valence-corrected chi connectivity index (χ2v) is 6.04. The van der Waals surface area contributed by atoms with E-state index in [1.54, 1.807) is 0 Å². The van der Waals surface area contributed by atoms with Crippen LogP contribution in [0, 0.1) is 0 Å². The molecule has 0 saturated heterocycles. The Morgan fingerprint density at radius 2 is 2.05 bits per heavy atom. The van der Waals surface area contributed by atoms with Gasteiger partial charge in [-0.15, -0.1) is 0 Å². The third-order valence-electron chi connectivity index (χ3n) is 3.54. The number of benzene rings is 1. The van der Waals surface area contributed by atoms with Gasteiger partial charge in [0.1, 0.15) is 0 Å². The smallest absolute Gasteiger partial charge is 0.239 e. The van der Waals surface area contributed by atoms with E-state index >= 15 is 0 Å². The summed E-state index contributed by atoms with van der Waals surface area (Å²) in [5.41, 5.74) is 0.577. The zero-order valence-corrected chi connectivity index (χ0v) is 13.1. The molecule has 0 spiro atoms. The number of hydrogen-bond acceptors (Lipinski definition) is 2. The number of hydrogen-bond donors (Lipinski definition) is 2. The molecule has 0 bridgehead atoms. The highest BCUT2D eigenvalue weighted by Gasteiger charge is 2.51. The Morgan fingerprint density at radius 3 is 2.65 bits per heavy atom. The highest BCUT2D eigenvalue weighted by atomic mass is 79.9. The molecule has 0 aliphatic heterocycles. The molecule has 2 amide bonds. The normalized spacial score (nSPS) is 15.5. The van der Waals surface area contributed by atoms with Crippen LogP contribution in [0.4, 0.5) is 0 Å². The van der Waals surface area contributed by atoms with Crippen molar-refractivity contribution in [2.24, 2.45) is 0 Å². The van der Waals surface area contributed by atoms with Gasteiger partial charge in [-0.2, -0.15) is 0 Å². The summed E-state index contributed by atoms with van der Waals surface area (Å²) in [5.74, 6) is -0.188. The van der Waals surface area contributed by atoms with E-state index in [-0.39, 0.29) is 18.4 Å². The van der Waals surface area contributed by atoms with Gasteiger partial charge in [-0.3, -0.25) is 9.59 Å². The van der Waals surface area contributed by atoms with Crippen LogP contribution in [-0.4, -0.2) is 24.9 Å². The molecule has 0 atom stereocenters. The Hall–Kier alpha value is -1.36. The maximum Gasteiger partial charge on any atom is 0.239 e. The standard InChI is InChI=1S/C15H19BrN2O2/c1-2-8-17-13(19)10-18-14(20)15(6-7-15)11-4-3-5-12(16)9-11/h3-5,9H,2,6-8,10H2,1H3,(H,17,19)(H,18,20). The summed E-state index contributed by atoms with van der Waals surface area (Å²) in [6.07, 6.45) is 2.57. The van der Waals surface area contributed by atoms with Crippen molar-refractivity contribution in [2.75, 3.05) is 13.1 Å². The summed E-state index contributed by atoms with van der Waals surface area (Å²) >= 11 is 3.43. The fourth-order valence-corrected chi connectivity index (χ4v) is 2.61. The second kappa shape index (κ2) is 6.39. The minimum atomic E-state index is -0.436. The molecule has 4 nitrogen and oxygen atoms in total. The van der Waals surface area contributed by atoms with Crippen LogP contribution in [0.15, 0.2) is 28.7 Å². The average Bonchev–Trinajstić information content (AvgIpc) is 3.24. The van der Waals surface area contributed by atoms with Gasteiger partial charge in [0.2, 0.25) is 11.8 Å². The second-order valence-electron chi connectivity index (χ2n) is 5.13. The predicted molar refractivity (Wildman–Crippen MR) is 81.4 cm³/mol. The number of amides is 2. The summed E-state index contributed by atoms with van der Waals surface area (Å²) < 4.78 is 0.967. The molecule has 2 N–H and O–H groups in total. The van der Waals surface area contributed by atoms with E-state index in [4.69, 9.17) is 0 Å². The SMILES string of the molecule is CCCNC(=O)CNC(=O)C1(c2cccc(Br)c2)CC1. The molecule has 2 rings (SSSR count). The van der Waals surface area contributed by atoms with Crippen molar-refractivity contribution in [3.05, 3.63) is 34.3 Å². The highest BCUT2D eigenvalue weighted by molar-refractivity contribution is 9.10. The lowest BCUT2D eigenvalue weighted by molar-refractivity contribution is -0.127. The number of carbonyl (C=O) groups is 2. The maximum atomic E-state index is 12.3. The van der Waals surface area contributed by atoms with E-state index in [0.717, 1.165) is 29.3 Å². The monoisotopic (exact) mass is 338 g/mol. The van der Waals surface area contributed by atoms with Crippen molar-refractivity contribution < 1.29 is 9.59 Å². The van der Waals surface area contributed by atoms with Crippen molar-refractivity contribution in [3.63, 3.8) is 0 Å². The van der Waals surface area contributed by atoms with Crippen LogP contribution >= 0.6 is 15.9 Å². The summed E-state index contributed by atoms with van der Waals surface area (Å²) in [7, 11) is 0. The molecule has 5 heteroatoms. The maximum absolute atomic E-state index is 12.3. The zero-order chi connectivity index (χ0) is 14.6. The van der Waals surface area contributed by atoms with E-state index in [2.05, 4.69) is 26.6 Å². The van der Waals surface area contributed by atoms with Crippen LogP contribution < -0.4 is 10.6 Å². The lowest BCUT2D eigenvalue weighted by atomic mass is 9.95. The Labute approximate surface area is 127 Å². The molecule has 0 heterocycles. The quantitative estimate of drug-likeness (QED) is 0.834. The van der Waals surface area contributed by atoms with Gasteiger partial charge in [0.15, 0.2) is 0 Å². The van der Waals surface area contributed by atoms with Gasteiger partial charge in [-0.1, -0.05) is 35.0 Å². The first kappa shape index (κ1) is 15.0. The molecule has 108 valence electrons. The lowest BCUT2D eigenvalue weighted by Gasteiger charge is -2.16. The number of nitrogens with one attached hydrogen (secondary N) is 2. The lowest BCUT2D eigenvalue weighted by Crippen LogP contribution is -2.41. The molecule has 1 aliphatic carbocycles. The third-order valence-corrected chi connectivity index (χ3v) is 4.04. The third kappa shape index (κ3) is 3.39. The summed E-state index contributed by atoms with van der Waals surface area (Å²) in [6.45, 7) is 2.69. The molecule has 0 radical (unpaired) electrons. The van der Waals surface area contributed by atoms with Crippen LogP contribution in [0.25, 0.3) is 0 Å². The van der Waals surface area contributed by atoms with Crippen molar-refractivity contribution in [2.45, 2.75) is 31.6 Å². The van der Waals surface area contributed by atoms with Crippen LogP contribution in [-0.2, 0) is 15.0 Å². The molecule has 20 heavy (non-hydrogen) atoms.